The summed E-state index contributed by atoms with van der Waals surface area (Å²) in [5.41, 5.74) is -2.26. The fourth-order valence-electron chi connectivity index (χ4n) is 2.41. The number of rotatable bonds is 11. The molecular weight excluding hydrogens is 444 g/mol. The SMILES string of the molecule is CCC(C(F)C(F)(F)C(F)(F)C(F)(F)C(F)(F)C(F)C(F)F)[Si](C)(OC)OC. The smallest absolute Gasteiger partial charge is 0.381 e. The molecule has 15 heteroatoms. The molecule has 2 nitrogen and oxygen atoms in total. The van der Waals surface area contributed by atoms with E-state index in [4.69, 9.17) is 8.85 Å². The van der Waals surface area contributed by atoms with E-state index in [0.717, 1.165) is 27.7 Å². The third kappa shape index (κ3) is 4.11. The van der Waals surface area contributed by atoms with E-state index in [1.54, 1.807) is 0 Å². The number of hydrogen-bond acceptors (Lipinski definition) is 2. The Kier molecular flexibility index (Phi) is 8.36. The molecule has 0 bridgehead atoms. The molecule has 0 fully saturated rings. The average Bonchev–Trinajstić information content (AvgIpc) is 2.60. The van der Waals surface area contributed by atoms with Gasteiger partial charge >= 0.3 is 32.3 Å². The maximum absolute atomic E-state index is 14.3. The Hall–Kier alpha value is -0.703. The van der Waals surface area contributed by atoms with Crippen LogP contribution in [0.1, 0.15) is 13.3 Å². The lowest BCUT2D eigenvalue weighted by atomic mass is 9.92. The second-order valence-corrected chi connectivity index (χ2v) is 9.56. The van der Waals surface area contributed by atoms with Gasteiger partial charge in [-0.05, 0) is 13.0 Å². The summed E-state index contributed by atoms with van der Waals surface area (Å²) in [6.07, 6.45) is -15.0. The van der Waals surface area contributed by atoms with E-state index in [2.05, 4.69) is 0 Å². The van der Waals surface area contributed by atoms with Crippen LogP contribution in [0.4, 0.5) is 52.7 Å². The summed E-state index contributed by atoms with van der Waals surface area (Å²) in [7, 11) is -2.37. The fourth-order valence-corrected chi connectivity index (χ4v) is 4.66. The second kappa shape index (κ2) is 8.58. The van der Waals surface area contributed by atoms with E-state index in [0.29, 0.717) is 0 Å². The molecule has 0 saturated heterocycles. The summed E-state index contributed by atoms with van der Waals surface area (Å²) in [4.78, 5) is 0. The maximum Gasteiger partial charge on any atom is 0.381 e. The van der Waals surface area contributed by atoms with E-state index in [1.807, 2.05) is 0 Å². The molecule has 0 radical (unpaired) electrons. The molecule has 0 rings (SSSR count). The molecule has 0 aromatic heterocycles. The van der Waals surface area contributed by atoms with Crippen LogP contribution in [0.3, 0.4) is 0 Å². The van der Waals surface area contributed by atoms with Gasteiger partial charge in [0.25, 0.3) is 6.43 Å². The molecule has 0 aromatic rings. The molecule has 0 N–H and O–H groups in total. The summed E-state index contributed by atoms with van der Waals surface area (Å²) < 4.78 is 169. The Labute approximate surface area is 153 Å². The van der Waals surface area contributed by atoms with Crippen molar-refractivity contribution in [2.24, 2.45) is 0 Å². The molecule has 0 aliphatic carbocycles. The highest BCUT2D eigenvalue weighted by molar-refractivity contribution is 6.67. The van der Waals surface area contributed by atoms with Crippen molar-refractivity contribution in [3.8, 4) is 0 Å². The van der Waals surface area contributed by atoms with Crippen LogP contribution in [0.15, 0.2) is 0 Å². The van der Waals surface area contributed by atoms with Crippen LogP contribution >= 0.6 is 0 Å². The molecule has 3 unspecified atom stereocenters. The summed E-state index contributed by atoms with van der Waals surface area (Å²) in [6, 6.07) is 0. The molecular formula is C13H18F12O2Si. The molecule has 0 aliphatic rings. The first kappa shape index (κ1) is 27.3. The van der Waals surface area contributed by atoms with Gasteiger partial charge in [-0.15, -0.1) is 0 Å². The van der Waals surface area contributed by atoms with Crippen molar-refractivity contribution in [3.05, 3.63) is 0 Å². The van der Waals surface area contributed by atoms with Crippen LogP contribution in [-0.2, 0) is 8.85 Å². The highest BCUT2D eigenvalue weighted by Gasteiger charge is 2.85. The number of halogens is 12. The van der Waals surface area contributed by atoms with Crippen LogP contribution in [0.25, 0.3) is 0 Å². The monoisotopic (exact) mass is 462 g/mol. The van der Waals surface area contributed by atoms with Crippen molar-refractivity contribution in [1.29, 1.82) is 0 Å². The number of alkyl halides is 12. The Bertz CT molecular complexity index is 512. The van der Waals surface area contributed by atoms with Crippen molar-refractivity contribution < 1.29 is 61.5 Å². The largest absolute Gasteiger partial charge is 0.398 e. The lowest BCUT2D eigenvalue weighted by Crippen LogP contribution is -2.68. The van der Waals surface area contributed by atoms with Crippen molar-refractivity contribution in [2.45, 2.75) is 67.9 Å². The van der Waals surface area contributed by atoms with Gasteiger partial charge < -0.3 is 8.85 Å². The average molecular weight is 462 g/mol. The van der Waals surface area contributed by atoms with E-state index < -0.39 is 63.0 Å². The fraction of sp³-hybridized carbons (Fsp3) is 1.00. The van der Waals surface area contributed by atoms with Gasteiger partial charge in [0.1, 0.15) is 0 Å². The minimum Gasteiger partial charge on any atom is -0.398 e. The first-order valence-corrected chi connectivity index (χ1v) is 9.90. The maximum atomic E-state index is 14.3. The molecule has 0 aliphatic heterocycles. The minimum atomic E-state index is -7.36. The Morgan fingerprint density at radius 3 is 1.29 bits per heavy atom. The van der Waals surface area contributed by atoms with Gasteiger partial charge in [-0.1, -0.05) is 6.92 Å². The quantitative estimate of drug-likeness (QED) is 0.294. The highest BCUT2D eigenvalue weighted by Crippen LogP contribution is 2.58. The van der Waals surface area contributed by atoms with Gasteiger partial charge in [-0.25, -0.2) is 17.6 Å². The van der Waals surface area contributed by atoms with Gasteiger partial charge in [-0.3, -0.25) is 0 Å². The summed E-state index contributed by atoms with van der Waals surface area (Å²) in [6.45, 7) is 1.90. The zero-order valence-corrected chi connectivity index (χ0v) is 15.9. The third-order valence-corrected chi connectivity index (χ3v) is 8.09. The van der Waals surface area contributed by atoms with E-state index in [-0.39, 0.29) is 0 Å². The molecule has 0 heterocycles. The van der Waals surface area contributed by atoms with Crippen molar-refractivity contribution in [2.75, 3.05) is 14.2 Å². The lowest BCUT2D eigenvalue weighted by Gasteiger charge is -2.42. The highest BCUT2D eigenvalue weighted by atomic mass is 28.4. The van der Waals surface area contributed by atoms with Crippen LogP contribution in [0.5, 0.6) is 0 Å². The van der Waals surface area contributed by atoms with Gasteiger partial charge in [0.15, 0.2) is 6.17 Å². The van der Waals surface area contributed by atoms with Crippen molar-refractivity contribution >= 4 is 8.56 Å². The Balaban J connectivity index is 6.29. The molecule has 3 atom stereocenters. The van der Waals surface area contributed by atoms with E-state index >= 15 is 0 Å². The predicted octanol–water partition coefficient (Wildman–Crippen LogP) is 5.61. The molecule has 0 amide bonds. The normalized spacial score (nSPS) is 18.3. The Morgan fingerprint density at radius 1 is 0.714 bits per heavy atom. The van der Waals surface area contributed by atoms with Crippen LogP contribution in [0.2, 0.25) is 12.1 Å². The van der Waals surface area contributed by atoms with Gasteiger partial charge in [-0.2, -0.15) is 35.1 Å². The zero-order valence-electron chi connectivity index (χ0n) is 14.9. The van der Waals surface area contributed by atoms with Crippen LogP contribution in [-0.4, -0.2) is 65.2 Å². The lowest BCUT2D eigenvalue weighted by molar-refractivity contribution is -0.388. The van der Waals surface area contributed by atoms with Crippen LogP contribution < -0.4 is 0 Å². The van der Waals surface area contributed by atoms with Gasteiger partial charge in [0, 0.05) is 19.8 Å². The molecule has 170 valence electrons. The minimum absolute atomic E-state index is 0.720. The standard InChI is InChI=1S/C13H18F12O2Si/c1-5-6(28(4,26-2)27-3)7(14)10(18,19)12(22,23)13(24,25)11(20,21)8(15)9(16)17/h6-9H,5H2,1-4H3. The molecule has 0 aromatic carbocycles. The van der Waals surface area contributed by atoms with Gasteiger partial charge in [0.2, 0.25) is 6.17 Å². The van der Waals surface area contributed by atoms with Crippen molar-refractivity contribution in [3.63, 3.8) is 0 Å². The molecule has 0 spiro atoms. The van der Waals surface area contributed by atoms with Gasteiger partial charge in [0.05, 0.1) is 0 Å². The van der Waals surface area contributed by atoms with Crippen molar-refractivity contribution in [1.82, 2.24) is 0 Å². The molecule has 28 heavy (non-hydrogen) atoms. The zero-order chi connectivity index (χ0) is 22.9. The second-order valence-electron chi connectivity index (χ2n) is 5.97. The predicted molar refractivity (Wildman–Crippen MR) is 75.3 cm³/mol. The summed E-state index contributed by atoms with van der Waals surface area (Å²) in [5.74, 6) is -28.1. The third-order valence-electron chi connectivity index (χ3n) is 4.42. The number of hydrogen-bond donors (Lipinski definition) is 0. The van der Waals surface area contributed by atoms with E-state index in [1.165, 1.54) is 0 Å². The first-order valence-electron chi connectivity index (χ1n) is 7.51. The first-order chi connectivity index (χ1) is 12.3. The Morgan fingerprint density at radius 2 is 1.04 bits per heavy atom. The van der Waals surface area contributed by atoms with E-state index in [9.17, 15) is 52.7 Å². The summed E-state index contributed by atoms with van der Waals surface area (Å²) in [5, 5.41) is 0. The topological polar surface area (TPSA) is 18.5 Å². The summed E-state index contributed by atoms with van der Waals surface area (Å²) >= 11 is 0. The van der Waals surface area contributed by atoms with Crippen LogP contribution in [0, 0.1) is 0 Å². The molecule has 0 saturated carbocycles.